The van der Waals surface area contributed by atoms with Crippen LogP contribution < -0.4 is 10.1 Å². The second-order valence-electron chi connectivity index (χ2n) is 4.31. The van der Waals surface area contributed by atoms with Crippen LogP contribution in [-0.4, -0.2) is 16.5 Å². The Kier molecular flexibility index (Phi) is 4.94. The van der Waals surface area contributed by atoms with Crippen LogP contribution in [0.25, 0.3) is 0 Å². The molecule has 0 aliphatic heterocycles. The average Bonchev–Trinajstić information content (AvgIpc) is 2.47. The van der Waals surface area contributed by atoms with Crippen molar-refractivity contribution in [2.24, 2.45) is 0 Å². The van der Waals surface area contributed by atoms with Crippen molar-refractivity contribution in [2.45, 2.75) is 13.3 Å². The number of ether oxygens (including phenoxy) is 1. The second-order valence-corrected chi connectivity index (χ2v) is 4.72. The molecule has 2 aromatic rings. The van der Waals surface area contributed by atoms with Crippen molar-refractivity contribution in [3.05, 3.63) is 51.8 Å². The van der Waals surface area contributed by atoms with Gasteiger partial charge in [-0.25, -0.2) is 0 Å². The van der Waals surface area contributed by atoms with Crippen LogP contribution in [0.15, 0.2) is 36.7 Å². The zero-order valence-electron chi connectivity index (χ0n) is 11.4. The molecule has 1 N–H and O–H groups in total. The maximum Gasteiger partial charge on any atom is 0.271 e. The zero-order chi connectivity index (χ0) is 15.2. The zero-order valence-corrected chi connectivity index (χ0v) is 12.1. The third-order valence-electron chi connectivity index (χ3n) is 2.65. The molecule has 0 unspecified atom stereocenters. The van der Waals surface area contributed by atoms with Gasteiger partial charge in [-0.2, -0.15) is 0 Å². The van der Waals surface area contributed by atoms with Crippen LogP contribution in [0.5, 0.6) is 11.5 Å². The van der Waals surface area contributed by atoms with E-state index in [1.165, 1.54) is 18.2 Å². The summed E-state index contributed by atoms with van der Waals surface area (Å²) >= 11 is 5.98. The third kappa shape index (κ3) is 4.06. The van der Waals surface area contributed by atoms with Gasteiger partial charge in [-0.1, -0.05) is 18.5 Å². The summed E-state index contributed by atoms with van der Waals surface area (Å²) in [6.45, 7) is 2.90. The third-order valence-corrected chi connectivity index (χ3v) is 2.94. The molecule has 0 atom stereocenters. The number of halogens is 1. The maximum atomic E-state index is 10.7. The Balaban J connectivity index is 2.16. The fraction of sp³-hybridized carbons (Fsp3) is 0.214. The summed E-state index contributed by atoms with van der Waals surface area (Å²) in [5, 5.41) is 14.0. The molecule has 1 aromatic heterocycles. The fourth-order valence-electron chi connectivity index (χ4n) is 1.65. The predicted octanol–water partition coefficient (Wildman–Crippen LogP) is 4.26. The van der Waals surface area contributed by atoms with Crippen LogP contribution in [0.4, 0.5) is 11.4 Å². The highest BCUT2D eigenvalue weighted by Crippen LogP contribution is 2.32. The summed E-state index contributed by atoms with van der Waals surface area (Å²) in [4.78, 5) is 14.2. The number of nitro groups is 1. The quantitative estimate of drug-likeness (QED) is 0.637. The Morgan fingerprint density at radius 2 is 2.19 bits per heavy atom. The molecule has 0 saturated carbocycles. The monoisotopic (exact) mass is 307 g/mol. The molecule has 21 heavy (non-hydrogen) atoms. The standard InChI is InChI=1S/C14H14ClN3O3/c1-2-5-17-10-6-12(9-16-8-10)21-14-4-3-11(18(19)20)7-13(14)15/h3-4,6-9,17H,2,5H2,1H3. The Hall–Kier alpha value is -2.34. The highest BCUT2D eigenvalue weighted by molar-refractivity contribution is 6.32. The predicted molar refractivity (Wildman–Crippen MR) is 81.2 cm³/mol. The Morgan fingerprint density at radius 1 is 1.38 bits per heavy atom. The molecule has 0 spiro atoms. The summed E-state index contributed by atoms with van der Waals surface area (Å²) in [6.07, 6.45) is 4.24. The summed E-state index contributed by atoms with van der Waals surface area (Å²) in [6, 6.07) is 5.85. The van der Waals surface area contributed by atoms with E-state index in [9.17, 15) is 10.1 Å². The number of anilines is 1. The number of nitrogens with zero attached hydrogens (tertiary/aromatic N) is 2. The summed E-state index contributed by atoms with van der Waals surface area (Å²) in [7, 11) is 0. The first-order valence-corrected chi connectivity index (χ1v) is 6.78. The van der Waals surface area contributed by atoms with Crippen LogP contribution in [0.3, 0.4) is 0 Å². The van der Waals surface area contributed by atoms with Crippen LogP contribution in [0, 0.1) is 10.1 Å². The number of hydrogen-bond donors (Lipinski definition) is 1. The Morgan fingerprint density at radius 3 is 2.86 bits per heavy atom. The average molecular weight is 308 g/mol. The van der Waals surface area contributed by atoms with Crippen molar-refractivity contribution in [1.29, 1.82) is 0 Å². The molecule has 0 amide bonds. The number of nitro benzene ring substituents is 1. The smallest absolute Gasteiger partial charge is 0.271 e. The Bertz CT molecular complexity index is 649. The molecule has 0 saturated heterocycles. The molecule has 110 valence electrons. The molecule has 7 heteroatoms. The van der Waals surface area contributed by atoms with Crippen molar-refractivity contribution >= 4 is 23.0 Å². The number of nitrogens with one attached hydrogen (secondary N) is 1. The lowest BCUT2D eigenvalue weighted by atomic mass is 10.3. The van der Waals surface area contributed by atoms with Gasteiger partial charge in [0.15, 0.2) is 0 Å². The number of non-ortho nitro benzene ring substituents is 1. The van der Waals surface area contributed by atoms with Gasteiger partial charge in [0, 0.05) is 24.7 Å². The first-order valence-electron chi connectivity index (χ1n) is 6.41. The number of benzene rings is 1. The number of aromatic nitrogens is 1. The van der Waals surface area contributed by atoms with E-state index in [-0.39, 0.29) is 10.7 Å². The van der Waals surface area contributed by atoms with Crippen molar-refractivity contribution in [2.75, 3.05) is 11.9 Å². The van der Waals surface area contributed by atoms with Gasteiger partial charge in [0.05, 0.1) is 28.0 Å². The maximum absolute atomic E-state index is 10.7. The SMILES string of the molecule is CCCNc1cncc(Oc2ccc([N+](=O)[O-])cc2Cl)c1. The van der Waals surface area contributed by atoms with Gasteiger partial charge in [0.1, 0.15) is 11.5 Å². The van der Waals surface area contributed by atoms with E-state index in [1.807, 2.05) is 0 Å². The molecule has 6 nitrogen and oxygen atoms in total. The molecule has 1 heterocycles. The van der Waals surface area contributed by atoms with E-state index >= 15 is 0 Å². The van der Waals surface area contributed by atoms with Gasteiger partial charge < -0.3 is 10.1 Å². The van der Waals surface area contributed by atoms with Gasteiger partial charge in [-0.05, 0) is 12.5 Å². The molecular formula is C14H14ClN3O3. The van der Waals surface area contributed by atoms with Gasteiger partial charge in [-0.3, -0.25) is 15.1 Å². The first-order chi connectivity index (χ1) is 10.1. The Labute approximate surface area is 126 Å². The molecule has 1 aromatic carbocycles. The number of rotatable bonds is 6. The van der Waals surface area contributed by atoms with E-state index in [0.29, 0.717) is 11.5 Å². The largest absolute Gasteiger partial charge is 0.454 e. The van der Waals surface area contributed by atoms with Crippen LogP contribution in [0.1, 0.15) is 13.3 Å². The topological polar surface area (TPSA) is 77.3 Å². The summed E-state index contributed by atoms with van der Waals surface area (Å²) < 4.78 is 5.61. The molecular weight excluding hydrogens is 294 g/mol. The van der Waals surface area contributed by atoms with Crippen LogP contribution in [-0.2, 0) is 0 Å². The molecule has 0 aliphatic carbocycles. The van der Waals surface area contributed by atoms with Gasteiger partial charge in [0.2, 0.25) is 0 Å². The highest BCUT2D eigenvalue weighted by atomic mass is 35.5. The summed E-state index contributed by atoms with van der Waals surface area (Å²) in [5.74, 6) is 0.851. The normalized spacial score (nSPS) is 10.2. The summed E-state index contributed by atoms with van der Waals surface area (Å²) in [5.41, 5.74) is 0.760. The molecule has 0 bridgehead atoms. The lowest BCUT2D eigenvalue weighted by molar-refractivity contribution is -0.384. The lowest BCUT2D eigenvalue weighted by Crippen LogP contribution is -2.00. The van der Waals surface area contributed by atoms with Gasteiger partial charge >= 0.3 is 0 Å². The van der Waals surface area contributed by atoms with E-state index in [2.05, 4.69) is 17.2 Å². The molecule has 2 rings (SSSR count). The van der Waals surface area contributed by atoms with Crippen LogP contribution in [0.2, 0.25) is 5.02 Å². The van der Waals surface area contributed by atoms with Gasteiger partial charge in [0.25, 0.3) is 5.69 Å². The lowest BCUT2D eigenvalue weighted by Gasteiger charge is -2.09. The van der Waals surface area contributed by atoms with E-state index in [4.69, 9.17) is 16.3 Å². The molecule has 0 fully saturated rings. The minimum absolute atomic E-state index is 0.0798. The van der Waals surface area contributed by atoms with E-state index in [1.54, 1.807) is 18.5 Å². The second kappa shape index (κ2) is 6.90. The minimum atomic E-state index is -0.507. The number of hydrogen-bond acceptors (Lipinski definition) is 5. The number of pyridine rings is 1. The highest BCUT2D eigenvalue weighted by Gasteiger charge is 2.11. The van der Waals surface area contributed by atoms with Crippen molar-refractivity contribution in [3.63, 3.8) is 0 Å². The fourth-order valence-corrected chi connectivity index (χ4v) is 1.87. The molecule has 0 aliphatic rings. The van der Waals surface area contributed by atoms with E-state index in [0.717, 1.165) is 18.7 Å². The van der Waals surface area contributed by atoms with E-state index < -0.39 is 4.92 Å². The van der Waals surface area contributed by atoms with Crippen molar-refractivity contribution in [3.8, 4) is 11.5 Å². The van der Waals surface area contributed by atoms with Gasteiger partial charge in [-0.15, -0.1) is 0 Å². The van der Waals surface area contributed by atoms with Crippen molar-refractivity contribution in [1.82, 2.24) is 4.98 Å². The first kappa shape index (κ1) is 15.1. The minimum Gasteiger partial charge on any atom is -0.454 e. The van der Waals surface area contributed by atoms with Crippen LogP contribution >= 0.6 is 11.6 Å². The van der Waals surface area contributed by atoms with Crippen molar-refractivity contribution < 1.29 is 9.66 Å². The molecule has 0 radical (unpaired) electrons.